The summed E-state index contributed by atoms with van der Waals surface area (Å²) in [6.07, 6.45) is 2.00. The number of amides is 2. The van der Waals surface area contributed by atoms with E-state index < -0.39 is 5.97 Å². The Bertz CT molecular complexity index is 536. The number of rotatable bonds is 1. The van der Waals surface area contributed by atoms with E-state index in [1.807, 2.05) is 23.1 Å². The average molecular weight is 274 g/mol. The highest BCUT2D eigenvalue weighted by atomic mass is 16.4. The fourth-order valence-corrected chi connectivity index (χ4v) is 3.03. The number of nitrogens with zero attached hydrogens (tertiary/aromatic N) is 2. The molecule has 1 aromatic carbocycles. The molecule has 1 aromatic rings. The minimum Gasteiger partial charge on any atom is -0.481 e. The number of fused-ring (bicyclic) bond motifs is 1. The number of benzene rings is 1. The van der Waals surface area contributed by atoms with Gasteiger partial charge >= 0.3 is 12.0 Å². The van der Waals surface area contributed by atoms with Gasteiger partial charge in [-0.25, -0.2) is 4.79 Å². The van der Waals surface area contributed by atoms with Crippen molar-refractivity contribution in [3.8, 4) is 0 Å². The fourth-order valence-electron chi connectivity index (χ4n) is 3.03. The molecule has 5 nitrogen and oxygen atoms in total. The zero-order valence-electron chi connectivity index (χ0n) is 11.3. The predicted octanol–water partition coefficient (Wildman–Crippen LogP) is 1.97. The van der Waals surface area contributed by atoms with Crippen LogP contribution in [0.15, 0.2) is 24.3 Å². The summed E-state index contributed by atoms with van der Waals surface area (Å²) in [6, 6.07) is 7.98. The van der Waals surface area contributed by atoms with Crippen molar-refractivity contribution in [2.24, 2.45) is 5.92 Å². The first-order valence-corrected chi connectivity index (χ1v) is 7.04. The van der Waals surface area contributed by atoms with Crippen molar-refractivity contribution >= 4 is 17.7 Å². The summed E-state index contributed by atoms with van der Waals surface area (Å²) in [4.78, 5) is 27.1. The molecule has 20 heavy (non-hydrogen) atoms. The highest BCUT2D eigenvalue weighted by Gasteiger charge is 2.32. The molecule has 3 rings (SSSR count). The molecule has 2 aliphatic rings. The Kier molecular flexibility index (Phi) is 3.34. The molecule has 2 aliphatic heterocycles. The lowest BCUT2D eigenvalue weighted by Gasteiger charge is -2.33. The smallest absolute Gasteiger partial charge is 0.324 e. The molecule has 1 fully saturated rings. The van der Waals surface area contributed by atoms with Crippen molar-refractivity contribution in [1.29, 1.82) is 0 Å². The molecule has 0 spiro atoms. The molecular weight excluding hydrogens is 256 g/mol. The molecule has 0 bridgehead atoms. The van der Waals surface area contributed by atoms with Gasteiger partial charge in [-0.15, -0.1) is 0 Å². The van der Waals surface area contributed by atoms with Crippen LogP contribution in [0.2, 0.25) is 0 Å². The molecule has 0 atom stereocenters. The molecule has 0 aromatic heterocycles. The molecule has 5 heteroatoms. The van der Waals surface area contributed by atoms with E-state index in [9.17, 15) is 9.59 Å². The van der Waals surface area contributed by atoms with Crippen LogP contribution in [0.5, 0.6) is 0 Å². The maximum atomic E-state index is 12.5. The third-order valence-electron chi connectivity index (χ3n) is 4.23. The second kappa shape index (κ2) is 5.15. The van der Waals surface area contributed by atoms with E-state index in [-0.39, 0.29) is 11.9 Å². The average Bonchev–Trinajstić information content (AvgIpc) is 2.90. The number of carbonyl (C=O) groups excluding carboxylic acids is 1. The van der Waals surface area contributed by atoms with E-state index in [1.165, 1.54) is 5.56 Å². The van der Waals surface area contributed by atoms with Gasteiger partial charge in [-0.1, -0.05) is 18.2 Å². The minimum absolute atomic E-state index is 0.0128. The lowest BCUT2D eigenvalue weighted by atomic mass is 9.97. The summed E-state index contributed by atoms with van der Waals surface area (Å²) >= 11 is 0. The Labute approximate surface area is 117 Å². The summed E-state index contributed by atoms with van der Waals surface area (Å²) in [5.41, 5.74) is 2.21. The van der Waals surface area contributed by atoms with Crippen LogP contribution < -0.4 is 4.90 Å². The number of hydrogen-bond acceptors (Lipinski definition) is 2. The number of para-hydroxylation sites is 1. The monoisotopic (exact) mass is 274 g/mol. The van der Waals surface area contributed by atoms with Gasteiger partial charge in [0.05, 0.1) is 5.92 Å². The molecule has 2 heterocycles. The summed E-state index contributed by atoms with van der Waals surface area (Å²) in [5.74, 6) is -1.05. The van der Waals surface area contributed by atoms with Crippen LogP contribution in [-0.2, 0) is 11.2 Å². The first-order chi connectivity index (χ1) is 9.66. The molecule has 1 N–H and O–H groups in total. The molecule has 0 saturated carbocycles. The maximum absolute atomic E-state index is 12.5. The quantitative estimate of drug-likeness (QED) is 0.851. The van der Waals surface area contributed by atoms with Crippen molar-refractivity contribution in [2.75, 3.05) is 24.5 Å². The van der Waals surface area contributed by atoms with Crippen LogP contribution in [-0.4, -0.2) is 41.6 Å². The number of carbonyl (C=O) groups is 2. The standard InChI is InChI=1S/C15H18N2O3/c18-14(19)12-5-8-16(9-6-12)15(20)17-10-7-11-3-1-2-4-13(11)17/h1-4,12H,5-10H2,(H,18,19). The normalized spacial score (nSPS) is 19.0. The number of aliphatic carboxylic acids is 1. The summed E-state index contributed by atoms with van der Waals surface area (Å²) in [7, 11) is 0. The Hall–Kier alpha value is -2.04. The van der Waals surface area contributed by atoms with Gasteiger partial charge in [-0.3, -0.25) is 9.69 Å². The number of carboxylic acid groups (broad SMARTS) is 1. The Morgan fingerprint density at radius 2 is 1.80 bits per heavy atom. The third-order valence-corrected chi connectivity index (χ3v) is 4.23. The lowest BCUT2D eigenvalue weighted by Crippen LogP contribution is -2.47. The van der Waals surface area contributed by atoms with Crippen LogP contribution in [0.4, 0.5) is 10.5 Å². The molecule has 106 valence electrons. The van der Waals surface area contributed by atoms with E-state index in [0.29, 0.717) is 25.9 Å². The molecule has 2 amide bonds. The molecule has 0 radical (unpaired) electrons. The van der Waals surface area contributed by atoms with Gasteiger partial charge in [-0.05, 0) is 30.9 Å². The molecule has 1 saturated heterocycles. The van der Waals surface area contributed by atoms with Crippen LogP contribution in [0, 0.1) is 5.92 Å². The van der Waals surface area contributed by atoms with Crippen LogP contribution >= 0.6 is 0 Å². The number of urea groups is 1. The van der Waals surface area contributed by atoms with Crippen LogP contribution in [0.25, 0.3) is 0 Å². The Morgan fingerprint density at radius 3 is 2.50 bits per heavy atom. The number of piperidine rings is 1. The van der Waals surface area contributed by atoms with Gasteiger partial charge < -0.3 is 10.0 Å². The van der Waals surface area contributed by atoms with Gasteiger partial charge in [0.25, 0.3) is 0 Å². The highest BCUT2D eigenvalue weighted by Crippen LogP contribution is 2.29. The second-order valence-corrected chi connectivity index (χ2v) is 5.41. The summed E-state index contributed by atoms with van der Waals surface area (Å²) in [5, 5.41) is 8.99. The van der Waals surface area contributed by atoms with Gasteiger partial charge in [0, 0.05) is 25.3 Å². The zero-order valence-corrected chi connectivity index (χ0v) is 11.3. The second-order valence-electron chi connectivity index (χ2n) is 5.41. The zero-order chi connectivity index (χ0) is 14.1. The number of carboxylic acids is 1. The van der Waals surface area contributed by atoms with E-state index in [2.05, 4.69) is 6.07 Å². The van der Waals surface area contributed by atoms with E-state index in [0.717, 1.165) is 18.7 Å². The van der Waals surface area contributed by atoms with Crippen molar-refractivity contribution in [1.82, 2.24) is 4.90 Å². The Balaban J connectivity index is 1.68. The van der Waals surface area contributed by atoms with Crippen molar-refractivity contribution < 1.29 is 14.7 Å². The molecule has 0 aliphatic carbocycles. The first kappa shape index (κ1) is 13.0. The SMILES string of the molecule is O=C(O)C1CCN(C(=O)N2CCc3ccccc32)CC1. The van der Waals surface area contributed by atoms with Gasteiger partial charge in [0.1, 0.15) is 0 Å². The van der Waals surface area contributed by atoms with Gasteiger partial charge in [-0.2, -0.15) is 0 Å². The van der Waals surface area contributed by atoms with Crippen LogP contribution in [0.1, 0.15) is 18.4 Å². The maximum Gasteiger partial charge on any atom is 0.324 e. The first-order valence-electron chi connectivity index (χ1n) is 7.04. The van der Waals surface area contributed by atoms with E-state index in [4.69, 9.17) is 5.11 Å². The van der Waals surface area contributed by atoms with E-state index in [1.54, 1.807) is 4.90 Å². The lowest BCUT2D eigenvalue weighted by molar-refractivity contribution is -0.143. The van der Waals surface area contributed by atoms with Crippen molar-refractivity contribution in [2.45, 2.75) is 19.3 Å². The highest BCUT2D eigenvalue weighted by molar-refractivity contribution is 5.94. The van der Waals surface area contributed by atoms with Gasteiger partial charge in [0.15, 0.2) is 0 Å². The summed E-state index contributed by atoms with van der Waals surface area (Å²) < 4.78 is 0. The minimum atomic E-state index is -0.747. The number of likely N-dealkylation sites (tertiary alicyclic amines) is 1. The number of anilines is 1. The predicted molar refractivity (Wildman–Crippen MR) is 74.8 cm³/mol. The molecular formula is C15H18N2O3. The van der Waals surface area contributed by atoms with Crippen molar-refractivity contribution in [3.05, 3.63) is 29.8 Å². The topological polar surface area (TPSA) is 60.9 Å². The van der Waals surface area contributed by atoms with Crippen molar-refractivity contribution in [3.63, 3.8) is 0 Å². The Morgan fingerprint density at radius 1 is 1.10 bits per heavy atom. The fraction of sp³-hybridized carbons (Fsp3) is 0.467. The van der Waals surface area contributed by atoms with Crippen LogP contribution in [0.3, 0.4) is 0 Å². The third kappa shape index (κ3) is 2.24. The van der Waals surface area contributed by atoms with Gasteiger partial charge in [0.2, 0.25) is 0 Å². The number of hydrogen-bond donors (Lipinski definition) is 1. The van der Waals surface area contributed by atoms with E-state index >= 15 is 0 Å². The summed E-state index contributed by atoms with van der Waals surface area (Å²) in [6.45, 7) is 1.79. The molecule has 0 unspecified atom stereocenters. The largest absolute Gasteiger partial charge is 0.481 e.